The van der Waals surface area contributed by atoms with Gasteiger partial charge in [-0.05, 0) is 68.5 Å². The third-order valence-corrected chi connectivity index (χ3v) is 5.60. The van der Waals surface area contributed by atoms with Crippen LogP contribution in [0.15, 0.2) is 16.7 Å². The quantitative estimate of drug-likeness (QED) is 0.579. The number of hydrogen-bond donors (Lipinski definition) is 1. The molecule has 0 saturated heterocycles. The number of aromatic nitrogens is 2. The molecule has 18 heavy (non-hydrogen) atoms. The second-order valence-electron chi connectivity index (χ2n) is 3.95. The maximum absolute atomic E-state index is 10.7. The van der Waals surface area contributed by atoms with Crippen molar-refractivity contribution in [3.63, 3.8) is 0 Å². The fraction of sp³-hybridized carbons (Fsp3) is 0.273. The first-order valence-electron chi connectivity index (χ1n) is 5.28. The number of fused-ring (bicyclic) bond motifs is 1. The van der Waals surface area contributed by atoms with E-state index in [-0.39, 0.29) is 6.42 Å². The van der Waals surface area contributed by atoms with E-state index < -0.39 is 5.97 Å². The molecule has 0 saturated carbocycles. The first-order valence-corrected chi connectivity index (χ1v) is 10.1. The average molecular weight is 441 g/mol. The van der Waals surface area contributed by atoms with Gasteiger partial charge in [0.1, 0.15) is 0 Å². The van der Waals surface area contributed by atoms with Gasteiger partial charge in [-0.15, -0.1) is 0 Å². The van der Waals surface area contributed by atoms with Crippen molar-refractivity contribution >= 4 is 61.2 Å². The van der Waals surface area contributed by atoms with Gasteiger partial charge in [-0.25, -0.2) is 4.45 Å². The van der Waals surface area contributed by atoms with Crippen LogP contribution in [0.2, 0.25) is 0 Å². The summed E-state index contributed by atoms with van der Waals surface area (Å²) < 4.78 is 2.92. The lowest BCUT2D eigenvalue weighted by molar-refractivity contribution is -0.136. The molecule has 1 atom stereocenters. The number of carbonyl (C=O) groups is 1. The lowest BCUT2D eigenvalue weighted by Gasteiger charge is -2.09. The molecule has 0 aliphatic rings. The molecule has 96 valence electrons. The molecule has 7 heteroatoms. The Morgan fingerprint density at radius 3 is 3.00 bits per heavy atom. The normalized spacial score (nSPS) is 11.7. The number of carboxylic acids is 1. The summed E-state index contributed by atoms with van der Waals surface area (Å²) >= 11 is 5.87. The first kappa shape index (κ1) is 14.2. The largest absolute Gasteiger partial charge is 0.481 e. The van der Waals surface area contributed by atoms with E-state index in [9.17, 15) is 4.79 Å². The molecule has 4 nitrogen and oxygen atoms in total. The SMILES string of the molecule is Cc1cc2c(cnn2PI)c(Br)c1CCC(=O)O. The summed E-state index contributed by atoms with van der Waals surface area (Å²) in [6.45, 7) is 2.01. The van der Waals surface area contributed by atoms with Gasteiger partial charge < -0.3 is 5.11 Å². The van der Waals surface area contributed by atoms with Crippen LogP contribution in [0, 0.1) is 6.92 Å². The Kier molecular flexibility index (Phi) is 4.61. The molecule has 1 unspecified atom stereocenters. The van der Waals surface area contributed by atoms with Gasteiger partial charge in [-0.3, -0.25) is 4.79 Å². The van der Waals surface area contributed by atoms with Gasteiger partial charge in [0.15, 0.2) is 0 Å². The van der Waals surface area contributed by atoms with Crippen LogP contribution in [0.4, 0.5) is 0 Å². The van der Waals surface area contributed by atoms with Gasteiger partial charge >= 0.3 is 5.97 Å². The Morgan fingerprint density at radius 1 is 1.67 bits per heavy atom. The molecule has 1 heterocycles. The highest BCUT2D eigenvalue weighted by atomic mass is 127. The minimum Gasteiger partial charge on any atom is -0.481 e. The summed E-state index contributed by atoms with van der Waals surface area (Å²) in [5, 5.41) is 14.2. The van der Waals surface area contributed by atoms with Crippen LogP contribution in [0.5, 0.6) is 0 Å². The van der Waals surface area contributed by atoms with E-state index in [2.05, 4.69) is 49.1 Å². The van der Waals surface area contributed by atoms with Crippen molar-refractivity contribution in [2.24, 2.45) is 0 Å². The maximum atomic E-state index is 10.7. The maximum Gasteiger partial charge on any atom is 0.303 e. The van der Waals surface area contributed by atoms with E-state index in [1.54, 1.807) is 0 Å². The van der Waals surface area contributed by atoms with Crippen molar-refractivity contribution < 1.29 is 9.90 Å². The smallest absolute Gasteiger partial charge is 0.303 e. The molecule has 0 aliphatic carbocycles. The number of aryl methyl sites for hydroxylation is 1. The molecule has 1 N–H and O–H groups in total. The molecule has 2 rings (SSSR count). The molecular weight excluding hydrogens is 430 g/mol. The minimum absolute atomic E-state index is 0.146. The number of benzene rings is 1. The Bertz CT molecular complexity index is 615. The molecule has 1 aromatic carbocycles. The second kappa shape index (κ2) is 5.84. The van der Waals surface area contributed by atoms with Crippen LogP contribution in [-0.4, -0.2) is 20.6 Å². The van der Waals surface area contributed by atoms with Gasteiger partial charge in [0.05, 0.1) is 18.1 Å². The van der Waals surface area contributed by atoms with E-state index in [0.29, 0.717) is 12.8 Å². The monoisotopic (exact) mass is 440 g/mol. The molecular formula is C11H11BrIN2O2P. The standard InChI is InChI=1S/C11H11BrIN2O2P/c1-6-4-9-8(5-14-15(9)18-13)11(12)7(6)2-3-10(16)17/h4-5,18H,2-3H2,1H3,(H,16,17). The van der Waals surface area contributed by atoms with Crippen molar-refractivity contribution in [1.82, 2.24) is 9.55 Å². The molecule has 2 aromatic rings. The van der Waals surface area contributed by atoms with E-state index in [1.807, 2.05) is 17.6 Å². The highest BCUT2D eigenvalue weighted by Crippen LogP contribution is 2.35. The van der Waals surface area contributed by atoms with Crippen molar-refractivity contribution in [2.45, 2.75) is 19.8 Å². The molecule has 1 aromatic heterocycles. The fourth-order valence-corrected chi connectivity index (χ4v) is 4.25. The molecule has 0 spiro atoms. The van der Waals surface area contributed by atoms with E-state index in [1.165, 1.54) is 0 Å². The summed E-state index contributed by atoms with van der Waals surface area (Å²) in [5.74, 6) is -0.772. The minimum atomic E-state index is -0.772. The topological polar surface area (TPSA) is 55.1 Å². The fourth-order valence-electron chi connectivity index (χ4n) is 1.90. The van der Waals surface area contributed by atoms with Crippen molar-refractivity contribution in [1.29, 1.82) is 0 Å². The van der Waals surface area contributed by atoms with Crippen LogP contribution in [0.25, 0.3) is 10.9 Å². The third-order valence-electron chi connectivity index (χ3n) is 2.81. The zero-order valence-corrected chi connectivity index (χ0v) is 14.3. The number of hydrogen-bond acceptors (Lipinski definition) is 2. The molecule has 0 fully saturated rings. The van der Waals surface area contributed by atoms with Gasteiger partial charge in [-0.2, -0.15) is 5.10 Å². The lowest BCUT2D eigenvalue weighted by atomic mass is 10.0. The second-order valence-corrected chi connectivity index (χ2v) is 6.79. The zero-order chi connectivity index (χ0) is 13.3. The van der Waals surface area contributed by atoms with Crippen LogP contribution in [0.3, 0.4) is 0 Å². The van der Waals surface area contributed by atoms with Gasteiger partial charge in [0.2, 0.25) is 0 Å². The Labute approximate surface area is 128 Å². The number of nitrogens with zero attached hydrogens (tertiary/aromatic N) is 2. The third kappa shape index (κ3) is 2.70. The number of carboxylic acid groups (broad SMARTS) is 1. The molecule has 0 amide bonds. The van der Waals surface area contributed by atoms with Gasteiger partial charge in [-0.1, -0.05) is 0 Å². The van der Waals surface area contributed by atoms with Crippen molar-refractivity contribution in [2.75, 3.05) is 0 Å². The number of rotatable bonds is 4. The van der Waals surface area contributed by atoms with E-state index in [0.717, 1.165) is 26.5 Å². The van der Waals surface area contributed by atoms with E-state index >= 15 is 0 Å². The summed E-state index contributed by atoms with van der Waals surface area (Å²) in [4.78, 5) is 10.7. The van der Waals surface area contributed by atoms with Crippen LogP contribution in [0.1, 0.15) is 17.5 Å². The van der Waals surface area contributed by atoms with Crippen molar-refractivity contribution in [3.8, 4) is 0 Å². The molecule has 0 aliphatic heterocycles. The van der Waals surface area contributed by atoms with E-state index in [4.69, 9.17) is 5.11 Å². The van der Waals surface area contributed by atoms with Crippen LogP contribution >= 0.6 is 44.3 Å². The molecule has 0 radical (unpaired) electrons. The predicted molar refractivity (Wildman–Crippen MR) is 85.9 cm³/mol. The number of aliphatic carboxylic acids is 1. The van der Waals surface area contributed by atoms with Crippen LogP contribution in [-0.2, 0) is 11.2 Å². The Morgan fingerprint density at radius 2 is 2.39 bits per heavy atom. The summed E-state index contributed by atoms with van der Waals surface area (Å²) in [5.41, 5.74) is 3.25. The lowest BCUT2D eigenvalue weighted by Crippen LogP contribution is -2.00. The predicted octanol–water partition coefficient (Wildman–Crippen LogP) is 3.92. The number of halogens is 2. The van der Waals surface area contributed by atoms with Crippen molar-refractivity contribution in [3.05, 3.63) is 27.9 Å². The average Bonchev–Trinajstić information content (AvgIpc) is 2.71. The summed E-state index contributed by atoms with van der Waals surface area (Å²) in [7, 11) is 0. The Hall–Kier alpha value is -0.200. The highest BCUT2D eigenvalue weighted by Gasteiger charge is 2.13. The van der Waals surface area contributed by atoms with Crippen LogP contribution < -0.4 is 0 Å². The Balaban J connectivity index is 2.52. The zero-order valence-electron chi connectivity index (χ0n) is 9.57. The summed E-state index contributed by atoms with van der Waals surface area (Å²) in [6, 6.07) is 2.08. The highest BCUT2D eigenvalue weighted by molar-refractivity contribution is 14.2. The molecule has 0 bridgehead atoms. The van der Waals surface area contributed by atoms with Gasteiger partial charge in [0.25, 0.3) is 0 Å². The first-order chi connectivity index (χ1) is 8.54. The summed E-state index contributed by atoms with van der Waals surface area (Å²) in [6.07, 6.45) is 3.07. The van der Waals surface area contributed by atoms with Gasteiger partial charge in [0, 0.05) is 16.3 Å².